The van der Waals surface area contributed by atoms with Crippen LogP contribution in [0.25, 0.3) is 77.1 Å². The number of fused-ring (bicyclic) bond motifs is 16. The molecule has 47 heavy (non-hydrogen) atoms. The minimum Gasteiger partial charge on any atom is -0.254 e. The smallest absolute Gasteiger partial charge is 0.161 e. The molecule has 3 heteroatoms. The van der Waals surface area contributed by atoms with Gasteiger partial charge >= 0.3 is 0 Å². The lowest BCUT2D eigenvalue weighted by Crippen LogP contribution is -2.25. The maximum atomic E-state index is 5.37. The van der Waals surface area contributed by atoms with Crippen LogP contribution in [0, 0.1) is 0 Å². The van der Waals surface area contributed by atoms with Crippen molar-refractivity contribution in [2.75, 3.05) is 0 Å². The molecule has 0 radical (unpaired) electrons. The van der Waals surface area contributed by atoms with E-state index in [1.54, 1.807) is 0 Å². The van der Waals surface area contributed by atoms with Crippen molar-refractivity contribution in [1.82, 2.24) is 15.0 Å². The third-order valence-corrected chi connectivity index (χ3v) is 10.5. The first-order valence-corrected chi connectivity index (χ1v) is 16.1. The molecule has 0 bridgehead atoms. The summed E-state index contributed by atoms with van der Waals surface area (Å²) in [5, 5.41) is 5.47. The van der Waals surface area contributed by atoms with E-state index in [0.29, 0.717) is 0 Å². The molecule has 0 saturated heterocycles. The molecule has 9 aromatic rings. The summed E-state index contributed by atoms with van der Waals surface area (Å²) >= 11 is 0. The van der Waals surface area contributed by atoms with Gasteiger partial charge in [0.05, 0.1) is 22.1 Å². The molecule has 0 saturated carbocycles. The lowest BCUT2D eigenvalue weighted by atomic mass is 9.70. The summed E-state index contributed by atoms with van der Waals surface area (Å²) in [5.41, 5.74) is 14.7. The maximum absolute atomic E-state index is 5.37. The van der Waals surface area contributed by atoms with Crippen molar-refractivity contribution in [2.45, 2.75) is 5.41 Å². The van der Waals surface area contributed by atoms with E-state index in [1.807, 2.05) is 12.3 Å². The van der Waals surface area contributed by atoms with Gasteiger partial charge in [0.1, 0.15) is 0 Å². The van der Waals surface area contributed by atoms with Crippen LogP contribution in [-0.4, -0.2) is 15.0 Å². The Kier molecular flexibility index (Phi) is 4.78. The molecule has 6 aromatic carbocycles. The van der Waals surface area contributed by atoms with Gasteiger partial charge in [-0.15, -0.1) is 0 Å². The van der Waals surface area contributed by atoms with E-state index in [-0.39, 0.29) is 0 Å². The summed E-state index contributed by atoms with van der Waals surface area (Å²) in [6.07, 6.45) is 1.84. The minimum absolute atomic E-state index is 0.402. The van der Waals surface area contributed by atoms with Gasteiger partial charge in [-0.3, -0.25) is 4.98 Å². The zero-order chi connectivity index (χ0) is 30.7. The van der Waals surface area contributed by atoms with E-state index in [2.05, 4.69) is 140 Å². The van der Waals surface area contributed by atoms with Crippen LogP contribution >= 0.6 is 0 Å². The van der Waals surface area contributed by atoms with Crippen LogP contribution in [0.3, 0.4) is 0 Å². The van der Waals surface area contributed by atoms with Crippen molar-refractivity contribution in [3.8, 4) is 33.5 Å². The Bertz CT molecular complexity index is 2750. The topological polar surface area (TPSA) is 38.7 Å². The molecular formula is C44H25N3. The van der Waals surface area contributed by atoms with Gasteiger partial charge in [-0.05, 0) is 68.1 Å². The molecule has 2 aliphatic carbocycles. The second kappa shape index (κ2) is 8.96. The van der Waals surface area contributed by atoms with Crippen LogP contribution in [0.5, 0.6) is 0 Å². The van der Waals surface area contributed by atoms with Gasteiger partial charge in [0, 0.05) is 33.3 Å². The van der Waals surface area contributed by atoms with Gasteiger partial charge in [-0.2, -0.15) is 0 Å². The van der Waals surface area contributed by atoms with Crippen molar-refractivity contribution in [1.29, 1.82) is 0 Å². The molecule has 0 unspecified atom stereocenters. The zero-order valence-corrected chi connectivity index (χ0v) is 25.3. The van der Waals surface area contributed by atoms with Gasteiger partial charge in [0.15, 0.2) is 5.65 Å². The molecular weight excluding hydrogens is 571 g/mol. The molecule has 0 fully saturated rings. The average molecular weight is 596 g/mol. The number of hydrogen-bond acceptors (Lipinski definition) is 3. The number of rotatable bonds is 1. The van der Waals surface area contributed by atoms with Gasteiger partial charge < -0.3 is 0 Å². The van der Waals surface area contributed by atoms with E-state index in [9.17, 15) is 0 Å². The molecule has 2 aliphatic rings. The summed E-state index contributed by atoms with van der Waals surface area (Å²) in [6.45, 7) is 0. The molecule has 0 atom stereocenters. The summed E-state index contributed by atoms with van der Waals surface area (Å²) in [5.74, 6) is 0. The Balaban J connectivity index is 1.23. The highest BCUT2D eigenvalue weighted by Crippen LogP contribution is 2.63. The van der Waals surface area contributed by atoms with Crippen LogP contribution in [0.2, 0.25) is 0 Å². The highest BCUT2D eigenvalue weighted by molar-refractivity contribution is 6.15. The lowest BCUT2D eigenvalue weighted by Gasteiger charge is -2.30. The SMILES string of the molecule is c1ccc2c(c1)-c1ccccc1C21c2ccccc2-c2ccc(-c3nc4nc5c(ccc6cccnc65)cc4c4ccccc34)cc21. The lowest BCUT2D eigenvalue weighted by molar-refractivity contribution is 0.794. The first-order chi connectivity index (χ1) is 23.3. The van der Waals surface area contributed by atoms with E-state index < -0.39 is 5.41 Å². The van der Waals surface area contributed by atoms with Crippen LogP contribution in [-0.2, 0) is 5.41 Å². The van der Waals surface area contributed by atoms with Gasteiger partial charge in [-0.25, -0.2) is 9.97 Å². The van der Waals surface area contributed by atoms with Gasteiger partial charge in [0.2, 0.25) is 0 Å². The molecule has 1 spiro atoms. The minimum atomic E-state index is -0.402. The van der Waals surface area contributed by atoms with E-state index in [0.717, 1.165) is 54.9 Å². The quantitative estimate of drug-likeness (QED) is 0.140. The summed E-state index contributed by atoms with van der Waals surface area (Å²) in [7, 11) is 0. The number of pyridine rings is 3. The summed E-state index contributed by atoms with van der Waals surface area (Å²) < 4.78 is 0. The fraction of sp³-hybridized carbons (Fsp3) is 0.0227. The Morgan fingerprint density at radius 2 is 1.02 bits per heavy atom. The second-order valence-electron chi connectivity index (χ2n) is 12.7. The molecule has 3 aromatic heterocycles. The molecule has 0 N–H and O–H groups in total. The Morgan fingerprint density at radius 1 is 0.404 bits per heavy atom. The number of hydrogen-bond donors (Lipinski definition) is 0. The summed E-state index contributed by atoms with van der Waals surface area (Å²) in [6, 6.07) is 53.0. The molecule has 216 valence electrons. The molecule has 0 aliphatic heterocycles. The fourth-order valence-electron chi connectivity index (χ4n) is 8.60. The molecule has 0 amide bonds. The van der Waals surface area contributed by atoms with Crippen molar-refractivity contribution in [3.05, 3.63) is 174 Å². The zero-order valence-electron chi connectivity index (χ0n) is 25.3. The number of aromatic nitrogens is 3. The third kappa shape index (κ3) is 3.13. The fourth-order valence-corrected chi connectivity index (χ4v) is 8.60. The Morgan fingerprint density at radius 3 is 1.74 bits per heavy atom. The normalized spacial score (nSPS) is 13.7. The maximum Gasteiger partial charge on any atom is 0.161 e. The van der Waals surface area contributed by atoms with Gasteiger partial charge in [0.25, 0.3) is 0 Å². The highest BCUT2D eigenvalue weighted by Gasteiger charge is 2.51. The predicted molar refractivity (Wildman–Crippen MR) is 192 cm³/mol. The van der Waals surface area contributed by atoms with Crippen molar-refractivity contribution >= 4 is 43.6 Å². The molecule has 11 rings (SSSR count). The molecule has 3 nitrogen and oxygen atoms in total. The molecule has 3 heterocycles. The number of nitrogens with zero attached hydrogens (tertiary/aromatic N) is 3. The van der Waals surface area contributed by atoms with Gasteiger partial charge in [-0.1, -0.05) is 127 Å². The first-order valence-electron chi connectivity index (χ1n) is 16.1. The van der Waals surface area contributed by atoms with E-state index >= 15 is 0 Å². The van der Waals surface area contributed by atoms with Crippen LogP contribution in [0.15, 0.2) is 152 Å². The van der Waals surface area contributed by atoms with Crippen LogP contribution < -0.4 is 0 Å². The predicted octanol–water partition coefficient (Wildman–Crippen LogP) is 10.5. The van der Waals surface area contributed by atoms with Crippen molar-refractivity contribution < 1.29 is 0 Å². The van der Waals surface area contributed by atoms with Crippen LogP contribution in [0.1, 0.15) is 22.3 Å². The summed E-state index contributed by atoms with van der Waals surface area (Å²) in [4.78, 5) is 15.3. The Hall–Kier alpha value is -6.19. The number of benzene rings is 6. The van der Waals surface area contributed by atoms with E-state index in [4.69, 9.17) is 15.0 Å². The first kappa shape index (κ1) is 25.1. The standard InChI is InChI=1S/C44H25N3/c1-2-15-34-29(11-1)35-24-27-20-19-26-10-9-23-45-41(26)42(27)47-43(35)46-40(34)28-21-22-33-32-14-5-8-18-38(32)44(39(33)25-28)36-16-6-3-12-30(36)31-13-4-7-17-37(31)44/h1-25H. The second-order valence-corrected chi connectivity index (χ2v) is 12.7. The average Bonchev–Trinajstić information content (AvgIpc) is 3.61. The Labute approximate surface area is 270 Å². The van der Waals surface area contributed by atoms with Crippen molar-refractivity contribution in [3.63, 3.8) is 0 Å². The van der Waals surface area contributed by atoms with Crippen molar-refractivity contribution in [2.24, 2.45) is 0 Å². The largest absolute Gasteiger partial charge is 0.254 e. The monoisotopic (exact) mass is 595 g/mol. The van der Waals surface area contributed by atoms with Crippen LogP contribution in [0.4, 0.5) is 0 Å². The van der Waals surface area contributed by atoms with E-state index in [1.165, 1.54) is 44.5 Å². The highest BCUT2D eigenvalue weighted by atomic mass is 14.9. The third-order valence-electron chi connectivity index (χ3n) is 10.5.